The fraction of sp³-hybridized carbons (Fsp3) is 0.368. The van der Waals surface area contributed by atoms with Crippen LogP contribution in [-0.4, -0.2) is 30.4 Å². The van der Waals surface area contributed by atoms with Gasteiger partial charge < -0.3 is 15.4 Å². The number of aliphatic imine (C=N–C) groups is 1. The van der Waals surface area contributed by atoms with Crippen molar-refractivity contribution in [3.63, 3.8) is 0 Å². The number of aryl methyl sites for hydroxylation is 1. The van der Waals surface area contributed by atoms with Gasteiger partial charge in [0.05, 0.1) is 0 Å². The molecule has 2 unspecified atom stereocenters. The van der Waals surface area contributed by atoms with E-state index in [4.69, 9.17) is 0 Å². The molecule has 1 aliphatic rings. The summed E-state index contributed by atoms with van der Waals surface area (Å²) in [4.78, 5) is 20.1. The molecule has 0 saturated heterocycles. The van der Waals surface area contributed by atoms with Crippen molar-refractivity contribution in [1.29, 1.82) is 0 Å². The molecule has 5 heteroatoms. The number of rotatable bonds is 3. The third kappa shape index (κ3) is 7.98. The molecule has 0 saturated carbocycles. The average Bonchev–Trinajstić information content (AvgIpc) is 3.01. The van der Waals surface area contributed by atoms with E-state index < -0.39 is 5.60 Å². The van der Waals surface area contributed by atoms with Gasteiger partial charge in [0, 0.05) is 29.4 Å². The van der Waals surface area contributed by atoms with Crippen LogP contribution in [0.3, 0.4) is 0 Å². The summed E-state index contributed by atoms with van der Waals surface area (Å²) in [7, 11) is 3.75. The number of nitrogens with one attached hydrogen (secondary N) is 2. The summed E-state index contributed by atoms with van der Waals surface area (Å²) < 4.78 is 0. The number of pyridine rings is 1. The van der Waals surface area contributed by atoms with Crippen molar-refractivity contribution >= 4 is 17.1 Å². The summed E-state index contributed by atoms with van der Waals surface area (Å²) in [6.45, 7) is 12.4. The lowest BCUT2D eigenvalue weighted by Gasteiger charge is -2.31. The molecule has 1 heterocycles. The van der Waals surface area contributed by atoms with Gasteiger partial charge in [-0.1, -0.05) is 89.2 Å². The van der Waals surface area contributed by atoms with Gasteiger partial charge in [-0.15, -0.1) is 0 Å². The molecule has 6 bridgehead atoms. The maximum absolute atomic E-state index is 12.6. The van der Waals surface area contributed by atoms with E-state index in [0.717, 1.165) is 58.0 Å². The largest absolute Gasteiger partial charge is 0.376 e. The quantitative estimate of drug-likeness (QED) is 0.213. The minimum absolute atomic E-state index is 0.139. The molecule has 0 spiro atoms. The van der Waals surface area contributed by atoms with Crippen molar-refractivity contribution < 1.29 is 5.11 Å². The lowest BCUT2D eigenvalue weighted by Crippen LogP contribution is -2.29. The second kappa shape index (κ2) is 15.6. The first kappa shape index (κ1) is 33.7. The molecule has 4 aromatic rings. The lowest BCUT2D eigenvalue weighted by molar-refractivity contribution is 0.121. The minimum Gasteiger partial charge on any atom is -0.376 e. The van der Waals surface area contributed by atoms with Crippen molar-refractivity contribution in [2.75, 3.05) is 14.1 Å². The average molecular weight is 580 g/mol. The summed E-state index contributed by atoms with van der Waals surface area (Å²) in [6, 6.07) is 24.3. The number of hydrogen-bond acceptors (Lipinski definition) is 4. The lowest BCUT2D eigenvalue weighted by atomic mass is 9.79. The molecule has 1 aromatic heterocycles. The molecule has 0 aliphatic heterocycles. The number of fused-ring (bicyclic) bond motifs is 6. The van der Waals surface area contributed by atoms with Crippen LogP contribution in [0.15, 0.2) is 94.4 Å². The minimum atomic E-state index is -1.40. The summed E-state index contributed by atoms with van der Waals surface area (Å²) >= 11 is 0. The fourth-order valence-corrected chi connectivity index (χ4v) is 5.50. The highest BCUT2D eigenvalue weighted by Gasteiger charge is 2.35. The molecule has 5 rings (SSSR count). The molecule has 2 atom stereocenters. The van der Waals surface area contributed by atoms with Gasteiger partial charge in [0.2, 0.25) is 5.56 Å². The van der Waals surface area contributed by atoms with Gasteiger partial charge in [0.15, 0.2) is 0 Å². The molecule has 3 aromatic carbocycles. The summed E-state index contributed by atoms with van der Waals surface area (Å²) in [5, 5.41) is 16.2. The molecule has 1 aliphatic carbocycles. The normalized spacial score (nSPS) is 18.4. The van der Waals surface area contributed by atoms with Crippen molar-refractivity contribution in [2.45, 2.75) is 72.3 Å². The number of H-pyrrole nitrogens is 1. The van der Waals surface area contributed by atoms with E-state index in [1.165, 1.54) is 11.1 Å². The molecule has 0 amide bonds. The van der Waals surface area contributed by atoms with E-state index in [9.17, 15) is 9.90 Å². The summed E-state index contributed by atoms with van der Waals surface area (Å²) in [5.74, 6) is 0.662. The summed E-state index contributed by atoms with van der Waals surface area (Å²) in [5.41, 5.74) is 5.86. The van der Waals surface area contributed by atoms with E-state index in [1.54, 1.807) is 12.3 Å². The molecule has 5 nitrogen and oxygen atoms in total. The Hall–Kier alpha value is -3.80. The van der Waals surface area contributed by atoms with E-state index in [2.05, 4.69) is 72.5 Å². The molecule has 0 fully saturated rings. The van der Waals surface area contributed by atoms with Gasteiger partial charge in [-0.25, -0.2) is 0 Å². The first-order valence-electron chi connectivity index (χ1n) is 15.6. The zero-order chi connectivity index (χ0) is 31.6. The Morgan fingerprint density at radius 2 is 1.72 bits per heavy atom. The number of aliphatic hydroxyl groups is 1. The number of benzene rings is 3. The highest BCUT2D eigenvalue weighted by molar-refractivity contribution is 5.95. The Morgan fingerprint density at radius 1 is 1.02 bits per heavy atom. The van der Waals surface area contributed by atoms with Gasteiger partial charge in [-0.2, -0.15) is 0 Å². The smallest absolute Gasteiger partial charge is 0.249 e. The predicted octanol–water partition coefficient (Wildman–Crippen LogP) is 8.36. The predicted molar refractivity (Wildman–Crippen MR) is 184 cm³/mol. The number of aromatic amines is 1. The van der Waals surface area contributed by atoms with Gasteiger partial charge in [-0.3, -0.25) is 9.79 Å². The van der Waals surface area contributed by atoms with Gasteiger partial charge in [0.1, 0.15) is 5.60 Å². The van der Waals surface area contributed by atoms with Crippen LogP contribution in [0.25, 0.3) is 22.0 Å². The highest BCUT2D eigenvalue weighted by Crippen LogP contribution is 2.40. The second-order valence-electron chi connectivity index (χ2n) is 11.5. The molecule has 43 heavy (non-hydrogen) atoms. The second-order valence-corrected chi connectivity index (χ2v) is 11.5. The van der Waals surface area contributed by atoms with Crippen LogP contribution in [0.4, 0.5) is 0 Å². The van der Waals surface area contributed by atoms with E-state index in [-0.39, 0.29) is 5.56 Å². The first-order chi connectivity index (χ1) is 20.7. The Kier molecular flexibility index (Phi) is 12.2. The third-order valence-electron chi connectivity index (χ3n) is 7.70. The van der Waals surface area contributed by atoms with Crippen LogP contribution in [0.2, 0.25) is 0 Å². The van der Waals surface area contributed by atoms with Crippen LogP contribution in [0, 0.1) is 5.92 Å². The van der Waals surface area contributed by atoms with Crippen LogP contribution >= 0.6 is 0 Å². The standard InChI is InChI=1S/C34H36N2O2.C2H7N.C2H6/c1-22(2)20-35-21-24(4)34(38)28-13-7-11-26(17-28)23(3)8-5-9-25-10-6-12-27(16-25)30-19-33(37)36-32-15-14-29(34)18-31(30)32;1-3-2;1-2/h6-7,10-23,38H,5,8-9H2,1-4H3,(H,36,37);3H,1-2H3;1-2H3/b24-21+,35-20?;;. The topological polar surface area (TPSA) is 77.5 Å². The first-order valence-corrected chi connectivity index (χ1v) is 15.6. The van der Waals surface area contributed by atoms with Gasteiger partial charge in [0.25, 0.3) is 0 Å². The number of nitrogens with zero attached hydrogens (tertiary/aromatic N) is 1. The third-order valence-corrected chi connectivity index (χ3v) is 7.70. The van der Waals surface area contributed by atoms with Crippen LogP contribution in [0.5, 0.6) is 0 Å². The van der Waals surface area contributed by atoms with E-state index in [0.29, 0.717) is 11.8 Å². The highest BCUT2D eigenvalue weighted by atomic mass is 16.3. The molecular weight excluding hydrogens is 530 g/mol. The van der Waals surface area contributed by atoms with E-state index >= 15 is 0 Å². The number of aromatic nitrogens is 1. The Morgan fingerprint density at radius 3 is 2.44 bits per heavy atom. The maximum Gasteiger partial charge on any atom is 0.249 e. The summed E-state index contributed by atoms with van der Waals surface area (Å²) in [6.07, 6.45) is 6.73. The Labute approximate surface area is 257 Å². The SMILES string of the molecule is C/C(=C\N=CC(C)C)C1(O)c2cccc(c2)C(C)CCCc2cccc(c2)-c2cc(=O)[nH]c3ccc1cc23.CC.CNC. The van der Waals surface area contributed by atoms with Gasteiger partial charge in [-0.05, 0) is 103 Å². The van der Waals surface area contributed by atoms with Crippen molar-refractivity contribution in [3.8, 4) is 11.1 Å². The molecular formula is C38H49N3O2. The molecule has 228 valence electrons. The van der Waals surface area contributed by atoms with E-state index in [1.807, 2.05) is 71.4 Å². The van der Waals surface area contributed by atoms with Crippen LogP contribution < -0.4 is 10.9 Å². The zero-order valence-corrected chi connectivity index (χ0v) is 27.2. The zero-order valence-electron chi connectivity index (χ0n) is 27.2. The Balaban J connectivity index is 0.000000953. The van der Waals surface area contributed by atoms with Gasteiger partial charge >= 0.3 is 0 Å². The van der Waals surface area contributed by atoms with Crippen molar-refractivity contribution in [3.05, 3.63) is 117 Å². The van der Waals surface area contributed by atoms with Crippen molar-refractivity contribution in [2.24, 2.45) is 10.9 Å². The van der Waals surface area contributed by atoms with Crippen LogP contribution in [0.1, 0.15) is 82.6 Å². The molecule has 3 N–H and O–H groups in total. The maximum atomic E-state index is 12.6. The van der Waals surface area contributed by atoms with Crippen LogP contribution in [-0.2, 0) is 12.0 Å². The fourth-order valence-electron chi connectivity index (χ4n) is 5.50. The monoisotopic (exact) mass is 579 g/mol. The van der Waals surface area contributed by atoms with Crippen molar-refractivity contribution in [1.82, 2.24) is 10.3 Å². The Bertz CT molecular complexity index is 1620. The number of hydrogen-bond donors (Lipinski definition) is 3. The molecule has 0 radical (unpaired) electrons.